The lowest BCUT2D eigenvalue weighted by atomic mass is 9.90. The summed E-state index contributed by atoms with van der Waals surface area (Å²) in [5, 5.41) is 46.6. The summed E-state index contributed by atoms with van der Waals surface area (Å²) in [6.07, 6.45) is 9.80. The molecule has 1 aromatic carbocycles. The van der Waals surface area contributed by atoms with Crippen molar-refractivity contribution < 1.29 is 49.0 Å². The SMILES string of the molecule is Nc1nc(C(ON=CC(=O)NC2C(=O)N3C(C(=O)O)=C(C=CC[n+]4ccn5ccccc54)CSC23)(C(=O)O)c2ccc(O)c(O)c2)cs1. The molecule has 3 atom stereocenters. The van der Waals surface area contributed by atoms with Gasteiger partial charge in [0.05, 0.1) is 6.20 Å². The third-order valence-electron chi connectivity index (χ3n) is 7.61. The molecule has 2 aliphatic rings. The number of amides is 2. The maximum Gasteiger partial charge on any atom is 0.362 e. The number of carbonyl (C=O) groups is 4. The van der Waals surface area contributed by atoms with E-state index in [1.54, 1.807) is 6.08 Å². The first-order valence-corrected chi connectivity index (χ1v) is 16.0. The normalized spacial score (nSPS) is 18.9. The number of thioether (sulfide) groups is 1. The van der Waals surface area contributed by atoms with E-state index in [2.05, 4.69) is 15.5 Å². The molecule has 4 aromatic rings. The van der Waals surface area contributed by atoms with E-state index in [-0.39, 0.29) is 27.8 Å². The zero-order valence-corrected chi connectivity index (χ0v) is 26.2. The second-order valence-electron chi connectivity index (χ2n) is 10.5. The fourth-order valence-electron chi connectivity index (χ4n) is 5.33. The van der Waals surface area contributed by atoms with Gasteiger partial charge < -0.3 is 36.3 Å². The smallest absolute Gasteiger partial charge is 0.362 e. The molecule has 0 radical (unpaired) electrons. The number of imidazole rings is 1. The number of phenols is 2. The molecule has 2 aliphatic heterocycles. The van der Waals surface area contributed by atoms with Gasteiger partial charge in [0.2, 0.25) is 0 Å². The number of carboxylic acids is 2. The van der Waals surface area contributed by atoms with Crippen LogP contribution in [0.1, 0.15) is 11.3 Å². The summed E-state index contributed by atoms with van der Waals surface area (Å²) in [7, 11) is 0. The van der Waals surface area contributed by atoms with E-state index in [0.717, 1.165) is 40.1 Å². The molecule has 5 heterocycles. The van der Waals surface area contributed by atoms with Gasteiger partial charge in [-0.3, -0.25) is 14.5 Å². The van der Waals surface area contributed by atoms with Crippen molar-refractivity contribution in [3.63, 3.8) is 0 Å². The Morgan fingerprint density at radius 1 is 1.19 bits per heavy atom. The van der Waals surface area contributed by atoms with Crippen LogP contribution < -0.4 is 15.6 Å². The van der Waals surface area contributed by atoms with Crippen LogP contribution >= 0.6 is 23.1 Å². The highest BCUT2D eigenvalue weighted by molar-refractivity contribution is 8.00. The number of oxime groups is 1. The minimum absolute atomic E-state index is 0.00373. The largest absolute Gasteiger partial charge is 0.504 e. The van der Waals surface area contributed by atoms with Gasteiger partial charge in [0.1, 0.15) is 48.0 Å². The summed E-state index contributed by atoms with van der Waals surface area (Å²) in [5.74, 6) is -5.40. The number of nitrogens with zero attached hydrogens (tertiary/aromatic N) is 5. The van der Waals surface area contributed by atoms with E-state index in [1.807, 2.05) is 51.8 Å². The Morgan fingerprint density at radius 2 is 2.00 bits per heavy atom. The number of anilines is 1. The van der Waals surface area contributed by atoms with Gasteiger partial charge in [0.25, 0.3) is 17.5 Å². The minimum atomic E-state index is -2.49. The molecule has 7 N–H and O–H groups in total. The molecule has 3 aromatic heterocycles. The maximum atomic E-state index is 13.1. The van der Waals surface area contributed by atoms with Crippen molar-refractivity contribution in [3.8, 4) is 11.5 Å². The number of phenolic OH excluding ortho intramolecular Hbond substituents is 2. The molecule has 0 bridgehead atoms. The molecular weight excluding hydrogens is 667 g/mol. The average Bonchev–Trinajstić information content (AvgIpc) is 3.69. The molecule has 18 heteroatoms. The van der Waals surface area contributed by atoms with E-state index >= 15 is 0 Å². The van der Waals surface area contributed by atoms with Crippen molar-refractivity contribution in [1.29, 1.82) is 0 Å². The quantitative estimate of drug-likeness (QED) is 0.0425. The number of hydrogen-bond donors (Lipinski definition) is 6. The third-order valence-corrected chi connectivity index (χ3v) is 9.59. The van der Waals surface area contributed by atoms with Crippen LogP contribution in [0.2, 0.25) is 0 Å². The van der Waals surface area contributed by atoms with Crippen LogP contribution in [0.15, 0.2) is 88.9 Å². The summed E-state index contributed by atoms with van der Waals surface area (Å²) in [6.45, 7) is 0.464. The maximum absolute atomic E-state index is 13.1. The summed E-state index contributed by atoms with van der Waals surface area (Å²) >= 11 is 2.18. The number of benzene rings is 1. The van der Waals surface area contributed by atoms with Gasteiger partial charge in [0.15, 0.2) is 16.6 Å². The number of pyridine rings is 1. The molecule has 1 saturated heterocycles. The molecular formula is C30H26N7O9S2+. The lowest BCUT2D eigenvalue weighted by Crippen LogP contribution is -2.70. The first kappa shape index (κ1) is 32.1. The zero-order valence-electron chi connectivity index (χ0n) is 24.5. The number of thiazole rings is 1. The van der Waals surface area contributed by atoms with E-state index in [1.165, 1.54) is 17.1 Å². The Labute approximate surface area is 278 Å². The minimum Gasteiger partial charge on any atom is -0.504 e. The van der Waals surface area contributed by atoms with Crippen LogP contribution in [0, 0.1) is 0 Å². The number of β-lactam (4-membered cyclic amide) rings is 1. The molecule has 16 nitrogen and oxygen atoms in total. The van der Waals surface area contributed by atoms with Crippen LogP contribution in [-0.2, 0) is 36.2 Å². The number of hydrogen-bond acceptors (Lipinski definition) is 12. The van der Waals surface area contributed by atoms with Crippen LogP contribution in [0.25, 0.3) is 5.65 Å². The van der Waals surface area contributed by atoms with Gasteiger partial charge in [-0.25, -0.2) is 23.5 Å². The van der Waals surface area contributed by atoms with Crippen molar-refractivity contribution in [2.45, 2.75) is 23.6 Å². The second kappa shape index (κ2) is 12.7. The number of allylic oxidation sites excluding steroid dienone is 2. The molecule has 0 saturated carbocycles. The monoisotopic (exact) mass is 692 g/mol. The first-order chi connectivity index (χ1) is 23.0. The van der Waals surface area contributed by atoms with Gasteiger partial charge in [-0.15, -0.1) is 23.1 Å². The predicted octanol–water partition coefficient (Wildman–Crippen LogP) is 1.00. The molecule has 6 rings (SSSR count). The highest BCUT2D eigenvalue weighted by Gasteiger charge is 2.54. The lowest BCUT2D eigenvalue weighted by molar-refractivity contribution is -0.660. The van der Waals surface area contributed by atoms with Crippen molar-refractivity contribution >= 4 is 63.8 Å². The number of aromatic nitrogens is 3. The van der Waals surface area contributed by atoms with Crippen LogP contribution in [0.3, 0.4) is 0 Å². The van der Waals surface area contributed by atoms with Crippen molar-refractivity contribution in [2.75, 3.05) is 11.5 Å². The fraction of sp³-hybridized carbons (Fsp3) is 0.167. The van der Waals surface area contributed by atoms with Crippen LogP contribution in [-0.4, -0.2) is 81.8 Å². The number of rotatable bonds is 11. The second-order valence-corrected chi connectivity index (χ2v) is 12.5. The van der Waals surface area contributed by atoms with Gasteiger partial charge in [-0.1, -0.05) is 17.3 Å². The summed E-state index contributed by atoms with van der Waals surface area (Å²) in [6, 6.07) is 7.82. The molecule has 1 fully saturated rings. The number of nitrogen functional groups attached to an aromatic ring is 1. The van der Waals surface area contributed by atoms with E-state index < -0.39 is 52.3 Å². The lowest BCUT2D eigenvalue weighted by Gasteiger charge is -2.49. The first-order valence-electron chi connectivity index (χ1n) is 14.0. The Hall–Kier alpha value is -5.88. The van der Waals surface area contributed by atoms with E-state index in [0.29, 0.717) is 18.3 Å². The van der Waals surface area contributed by atoms with Crippen molar-refractivity contribution in [2.24, 2.45) is 5.16 Å². The Kier molecular flexibility index (Phi) is 8.50. The van der Waals surface area contributed by atoms with Gasteiger partial charge in [-0.05, 0) is 35.9 Å². The third kappa shape index (κ3) is 5.66. The van der Waals surface area contributed by atoms with Gasteiger partial charge in [0, 0.05) is 22.8 Å². The van der Waals surface area contributed by atoms with Gasteiger partial charge >= 0.3 is 17.5 Å². The molecule has 0 aliphatic carbocycles. The number of aromatic hydroxyl groups is 2. The number of fused-ring (bicyclic) bond motifs is 2. The average molecular weight is 693 g/mol. The summed E-state index contributed by atoms with van der Waals surface area (Å²) in [5.41, 5.74) is 4.00. The van der Waals surface area contributed by atoms with Crippen molar-refractivity contribution in [1.82, 2.24) is 19.6 Å². The fourth-order valence-corrected chi connectivity index (χ4v) is 7.25. The number of carboxylic acid groups (broad SMARTS) is 2. The van der Waals surface area contributed by atoms with Crippen molar-refractivity contribution in [3.05, 3.63) is 95.0 Å². The predicted molar refractivity (Wildman–Crippen MR) is 171 cm³/mol. The highest BCUT2D eigenvalue weighted by atomic mass is 32.2. The van der Waals surface area contributed by atoms with E-state index in [4.69, 9.17) is 10.6 Å². The summed E-state index contributed by atoms with van der Waals surface area (Å²) in [4.78, 5) is 61.2. The topological polar surface area (TPSA) is 233 Å². The number of aliphatic carboxylic acids is 2. The highest BCUT2D eigenvalue weighted by Crippen LogP contribution is 2.41. The number of nitrogens with two attached hydrogens (primary N) is 1. The number of nitrogens with one attached hydrogen (secondary N) is 1. The molecule has 48 heavy (non-hydrogen) atoms. The summed E-state index contributed by atoms with van der Waals surface area (Å²) < 4.78 is 3.92. The molecule has 246 valence electrons. The molecule has 3 unspecified atom stereocenters. The molecule has 2 amide bonds. The molecule has 0 spiro atoms. The Morgan fingerprint density at radius 3 is 2.71 bits per heavy atom. The Balaban J connectivity index is 1.16. The van der Waals surface area contributed by atoms with Crippen LogP contribution in [0.4, 0.5) is 5.13 Å². The Bertz CT molecular complexity index is 2060. The number of carbonyl (C=O) groups excluding carboxylic acids is 2. The van der Waals surface area contributed by atoms with Crippen LogP contribution in [0.5, 0.6) is 11.5 Å². The standard InChI is InChI=1S/C30H25N7O9S2/c31-29-33-20(15-48-29)30(28(44)45,17-6-7-18(38)19(39)12-17)46-32-13-21(40)34-23-25(41)37-24(27(42)43)16(14-47-26(23)37)4-3-9-36-11-10-35-8-2-1-5-22(35)36/h1-8,10-13,15,23,26H,9,14H2,(H6-,31,32,33,34,38,39,40,42,43,44,45)/p+1. The van der Waals surface area contributed by atoms with Gasteiger partial charge in [-0.2, -0.15) is 0 Å². The zero-order chi connectivity index (χ0) is 34.2. The van der Waals surface area contributed by atoms with E-state index in [9.17, 15) is 39.6 Å².